The van der Waals surface area contributed by atoms with Crippen molar-refractivity contribution in [2.45, 2.75) is 19.9 Å². The van der Waals surface area contributed by atoms with E-state index in [1.165, 1.54) is 0 Å². The van der Waals surface area contributed by atoms with E-state index in [2.05, 4.69) is 16.8 Å². The van der Waals surface area contributed by atoms with Crippen molar-refractivity contribution in [1.29, 1.82) is 0 Å². The molecule has 3 nitrogen and oxygen atoms in total. The summed E-state index contributed by atoms with van der Waals surface area (Å²) in [6.45, 7) is 5.98. The lowest BCUT2D eigenvalue weighted by atomic mass is 10.3. The highest BCUT2D eigenvalue weighted by molar-refractivity contribution is 5.81. The van der Waals surface area contributed by atoms with Gasteiger partial charge in [0.1, 0.15) is 0 Å². The monoisotopic (exact) mass is 142 g/mol. The third-order valence-corrected chi connectivity index (χ3v) is 1.72. The molecule has 0 aromatic heterocycles. The minimum atomic E-state index is 0.222. The van der Waals surface area contributed by atoms with Crippen LogP contribution in [0.5, 0.6) is 0 Å². The Kier molecular flexibility index (Phi) is 2.27. The van der Waals surface area contributed by atoms with Gasteiger partial charge in [0.25, 0.3) is 0 Å². The summed E-state index contributed by atoms with van der Waals surface area (Å²) in [6.07, 6.45) is 0. The van der Waals surface area contributed by atoms with Crippen LogP contribution in [-0.4, -0.2) is 41.6 Å². The van der Waals surface area contributed by atoms with Gasteiger partial charge in [-0.3, -0.25) is 4.99 Å². The Morgan fingerprint density at radius 2 is 2.50 bits per heavy atom. The zero-order valence-electron chi connectivity index (χ0n) is 6.54. The minimum absolute atomic E-state index is 0.222. The van der Waals surface area contributed by atoms with Crippen molar-refractivity contribution in [3.8, 4) is 0 Å². The molecule has 0 saturated carbocycles. The molecule has 0 aliphatic carbocycles. The van der Waals surface area contributed by atoms with Crippen LogP contribution in [0.25, 0.3) is 0 Å². The van der Waals surface area contributed by atoms with Gasteiger partial charge in [-0.15, -0.1) is 0 Å². The second kappa shape index (κ2) is 3.01. The lowest BCUT2D eigenvalue weighted by Gasteiger charge is -2.16. The molecule has 3 heteroatoms. The lowest BCUT2D eigenvalue weighted by molar-refractivity contribution is 0.252. The highest BCUT2D eigenvalue weighted by Crippen LogP contribution is 2.06. The van der Waals surface area contributed by atoms with Crippen LogP contribution in [0.4, 0.5) is 0 Å². The molecule has 1 rings (SSSR count). The highest BCUT2D eigenvalue weighted by Gasteiger charge is 2.16. The number of aliphatic hydroxyl groups is 1. The van der Waals surface area contributed by atoms with Crippen molar-refractivity contribution in [2.24, 2.45) is 4.99 Å². The molecule has 0 spiro atoms. The van der Waals surface area contributed by atoms with E-state index < -0.39 is 0 Å². The second-order valence-electron chi connectivity index (χ2n) is 2.69. The Bertz CT molecular complexity index is 145. The number of β-amino-alcohol motifs (C(OH)–C–C–N with tert-alkyl or cyclic N) is 1. The van der Waals surface area contributed by atoms with Gasteiger partial charge in [0.2, 0.25) is 0 Å². The second-order valence-corrected chi connectivity index (χ2v) is 2.69. The van der Waals surface area contributed by atoms with Crippen molar-refractivity contribution in [1.82, 2.24) is 4.90 Å². The summed E-state index contributed by atoms with van der Waals surface area (Å²) in [5.41, 5.74) is 0. The normalized spacial score (nSPS) is 25.3. The molecular weight excluding hydrogens is 128 g/mol. The van der Waals surface area contributed by atoms with Gasteiger partial charge < -0.3 is 10.0 Å². The number of aliphatic hydroxyl groups excluding tert-OH is 1. The van der Waals surface area contributed by atoms with Crippen LogP contribution >= 0.6 is 0 Å². The summed E-state index contributed by atoms with van der Waals surface area (Å²) in [6, 6.07) is 0.409. The summed E-state index contributed by atoms with van der Waals surface area (Å²) in [5.74, 6) is 1.06. The molecular formula is C7H14N2O. The van der Waals surface area contributed by atoms with Gasteiger partial charge in [-0.2, -0.15) is 0 Å². The van der Waals surface area contributed by atoms with E-state index in [0.717, 1.165) is 18.9 Å². The van der Waals surface area contributed by atoms with Crippen LogP contribution in [0.15, 0.2) is 4.99 Å². The molecule has 1 aliphatic heterocycles. The van der Waals surface area contributed by atoms with Crippen molar-refractivity contribution in [3.63, 3.8) is 0 Å². The topological polar surface area (TPSA) is 35.8 Å². The predicted octanol–water partition coefficient (Wildman–Crippen LogP) is 0.101. The maximum absolute atomic E-state index is 8.63. The first-order valence-corrected chi connectivity index (χ1v) is 3.64. The molecule has 0 aromatic rings. The Morgan fingerprint density at radius 1 is 1.80 bits per heavy atom. The SMILES string of the molecule is CC1=NC(C)CN1CCO. The number of hydrogen-bond donors (Lipinski definition) is 1. The van der Waals surface area contributed by atoms with Gasteiger partial charge in [-0.05, 0) is 13.8 Å². The smallest absolute Gasteiger partial charge is 0.0963 e. The summed E-state index contributed by atoms with van der Waals surface area (Å²) in [7, 11) is 0. The highest BCUT2D eigenvalue weighted by atomic mass is 16.3. The maximum atomic E-state index is 8.63. The van der Waals surface area contributed by atoms with Crippen molar-refractivity contribution >= 4 is 5.84 Å². The molecule has 0 aromatic carbocycles. The summed E-state index contributed by atoms with van der Waals surface area (Å²) < 4.78 is 0. The Morgan fingerprint density at radius 3 is 2.90 bits per heavy atom. The molecule has 1 unspecified atom stereocenters. The standard InChI is InChI=1S/C7H14N2O/c1-6-5-9(3-4-10)7(2)8-6/h6,10H,3-5H2,1-2H3. The predicted molar refractivity (Wildman–Crippen MR) is 41.2 cm³/mol. The first-order chi connectivity index (χ1) is 4.74. The number of nitrogens with zero attached hydrogens (tertiary/aromatic N) is 2. The summed E-state index contributed by atoms with van der Waals surface area (Å²) in [5, 5.41) is 8.63. The molecule has 0 amide bonds. The van der Waals surface area contributed by atoms with Crippen molar-refractivity contribution in [2.75, 3.05) is 19.7 Å². The van der Waals surface area contributed by atoms with Crippen LogP contribution in [-0.2, 0) is 0 Å². The van der Waals surface area contributed by atoms with E-state index in [-0.39, 0.29) is 6.61 Å². The van der Waals surface area contributed by atoms with Gasteiger partial charge in [0.05, 0.1) is 18.5 Å². The number of rotatable bonds is 2. The largest absolute Gasteiger partial charge is 0.395 e. The molecule has 58 valence electrons. The Balaban J connectivity index is 2.43. The van der Waals surface area contributed by atoms with Crippen LogP contribution in [0.3, 0.4) is 0 Å². The molecule has 10 heavy (non-hydrogen) atoms. The lowest BCUT2D eigenvalue weighted by Crippen LogP contribution is -2.29. The third kappa shape index (κ3) is 1.48. The quantitative estimate of drug-likeness (QED) is 0.593. The van der Waals surface area contributed by atoms with E-state index >= 15 is 0 Å². The van der Waals surface area contributed by atoms with E-state index in [0.29, 0.717) is 6.04 Å². The fourth-order valence-corrected chi connectivity index (χ4v) is 1.27. The number of hydrogen-bond acceptors (Lipinski definition) is 3. The molecule has 1 heterocycles. The van der Waals surface area contributed by atoms with Gasteiger partial charge in [-0.1, -0.05) is 0 Å². The number of aliphatic imine (C=N–C) groups is 1. The fourth-order valence-electron chi connectivity index (χ4n) is 1.27. The van der Waals surface area contributed by atoms with Crippen LogP contribution < -0.4 is 0 Å². The molecule has 0 fully saturated rings. The zero-order valence-corrected chi connectivity index (χ0v) is 6.54. The van der Waals surface area contributed by atoms with Crippen molar-refractivity contribution in [3.05, 3.63) is 0 Å². The van der Waals surface area contributed by atoms with Crippen LogP contribution in [0.2, 0.25) is 0 Å². The maximum Gasteiger partial charge on any atom is 0.0963 e. The van der Waals surface area contributed by atoms with Crippen LogP contribution in [0, 0.1) is 0 Å². The average Bonchev–Trinajstić information content (AvgIpc) is 2.13. The molecule has 1 atom stereocenters. The molecule has 1 N–H and O–H groups in total. The summed E-state index contributed by atoms with van der Waals surface area (Å²) >= 11 is 0. The van der Waals surface area contributed by atoms with Gasteiger partial charge in [0.15, 0.2) is 0 Å². The average molecular weight is 142 g/mol. The first-order valence-electron chi connectivity index (χ1n) is 3.64. The first kappa shape index (κ1) is 7.54. The van der Waals surface area contributed by atoms with E-state index in [9.17, 15) is 0 Å². The molecule has 0 radical (unpaired) electrons. The van der Waals surface area contributed by atoms with Crippen LogP contribution in [0.1, 0.15) is 13.8 Å². The summed E-state index contributed by atoms with van der Waals surface area (Å²) in [4.78, 5) is 6.42. The number of amidine groups is 1. The van der Waals surface area contributed by atoms with E-state index in [1.54, 1.807) is 0 Å². The van der Waals surface area contributed by atoms with Gasteiger partial charge in [0, 0.05) is 13.1 Å². The molecule has 0 bridgehead atoms. The molecule has 0 saturated heterocycles. The fraction of sp³-hybridized carbons (Fsp3) is 0.857. The zero-order chi connectivity index (χ0) is 7.56. The van der Waals surface area contributed by atoms with E-state index in [1.807, 2.05) is 6.92 Å². The third-order valence-electron chi connectivity index (χ3n) is 1.72. The Labute approximate surface area is 61.4 Å². The van der Waals surface area contributed by atoms with E-state index in [4.69, 9.17) is 5.11 Å². The minimum Gasteiger partial charge on any atom is -0.395 e. The van der Waals surface area contributed by atoms with Gasteiger partial charge in [-0.25, -0.2) is 0 Å². The Hall–Kier alpha value is -0.570. The molecule has 1 aliphatic rings. The van der Waals surface area contributed by atoms with Gasteiger partial charge >= 0.3 is 0 Å². The van der Waals surface area contributed by atoms with Crippen molar-refractivity contribution < 1.29 is 5.11 Å².